The summed E-state index contributed by atoms with van der Waals surface area (Å²) in [6, 6.07) is 8.29. The molecule has 3 nitrogen and oxygen atoms in total. The summed E-state index contributed by atoms with van der Waals surface area (Å²) in [5, 5.41) is 9.52. The predicted octanol–water partition coefficient (Wildman–Crippen LogP) is 6.00. The quantitative estimate of drug-likeness (QED) is 0.656. The highest BCUT2D eigenvalue weighted by Gasteiger charge is 2.17. The molecule has 0 bridgehead atoms. The first-order valence-corrected chi connectivity index (χ1v) is 7.09. The normalized spacial score (nSPS) is 12.1. The molecule has 0 aliphatic heterocycles. The molecule has 2 aromatic heterocycles. The Hall–Kier alpha value is -1.87. The second-order valence-electron chi connectivity index (χ2n) is 5.07. The fourth-order valence-electron chi connectivity index (χ4n) is 2.26. The van der Waals surface area contributed by atoms with E-state index in [0.29, 0.717) is 6.04 Å². The zero-order valence-electron chi connectivity index (χ0n) is 12.1. The Morgan fingerprint density at radius 1 is 1.08 bits per heavy atom. The van der Waals surface area contributed by atoms with Gasteiger partial charge in [0.05, 0.1) is 12.4 Å². The number of aliphatic hydroxyl groups excluding tert-OH is 1. The minimum atomic E-state index is -0.272. The van der Waals surface area contributed by atoms with Gasteiger partial charge in [-0.15, -0.1) is 0 Å². The van der Waals surface area contributed by atoms with Crippen LogP contribution < -0.4 is 4.57 Å². The van der Waals surface area contributed by atoms with Crippen molar-refractivity contribution in [2.75, 3.05) is 0 Å². The van der Waals surface area contributed by atoms with Gasteiger partial charge < -0.3 is 9.52 Å². The lowest BCUT2D eigenvalue weighted by Crippen LogP contribution is -2.39. The molecule has 3 heteroatoms. The molecule has 2 aromatic rings. The highest BCUT2D eigenvalue weighted by molar-refractivity contribution is 5.66. The number of hydrogen-bond donors (Lipinski definition) is 1. The summed E-state index contributed by atoms with van der Waals surface area (Å²) in [6.07, 6.45) is 11.3. The van der Waals surface area contributed by atoms with Gasteiger partial charge in [-0.3, -0.25) is 0 Å². The minimum Gasteiger partial charge on any atom is -0.465 e. The van der Waals surface area contributed by atoms with Gasteiger partial charge in [0.2, 0.25) is 0 Å². The van der Waals surface area contributed by atoms with Crippen molar-refractivity contribution in [1.82, 2.24) is 0 Å². The van der Waals surface area contributed by atoms with E-state index in [1.807, 2.05) is 31.2 Å². The topological polar surface area (TPSA) is 37.2 Å². The molecule has 0 aromatic carbocycles. The van der Waals surface area contributed by atoms with Gasteiger partial charge in [0.1, 0.15) is 5.76 Å². The third kappa shape index (κ3) is 8.11. The Labute approximate surface area is 149 Å². The molecule has 0 saturated carbocycles. The van der Waals surface area contributed by atoms with E-state index in [4.69, 9.17) is 4.42 Å². The van der Waals surface area contributed by atoms with Gasteiger partial charge >= 0.3 is 0 Å². The van der Waals surface area contributed by atoms with Crippen molar-refractivity contribution < 1.29 is 14.1 Å². The minimum absolute atomic E-state index is 0. The molecule has 2 heterocycles. The second kappa shape index (κ2) is 13.6. The zero-order chi connectivity index (χ0) is 14.4. The lowest BCUT2D eigenvalue weighted by atomic mass is 10.1. The van der Waals surface area contributed by atoms with Gasteiger partial charge in [-0.05, 0) is 30.7 Å². The van der Waals surface area contributed by atoms with Crippen molar-refractivity contribution in [3.8, 4) is 0 Å². The van der Waals surface area contributed by atoms with Crippen molar-refractivity contribution in [3.63, 3.8) is 0 Å². The second-order valence-corrected chi connectivity index (χ2v) is 5.07. The van der Waals surface area contributed by atoms with E-state index < -0.39 is 0 Å². The van der Waals surface area contributed by atoms with Crippen LogP contribution in [-0.2, 0) is 0 Å². The van der Waals surface area contributed by atoms with Crippen LogP contribution in [0.3, 0.4) is 0 Å². The summed E-state index contributed by atoms with van der Waals surface area (Å²) >= 11 is 0. The van der Waals surface area contributed by atoms with Crippen molar-refractivity contribution in [2.24, 2.45) is 0 Å². The number of nitrogens with zero attached hydrogens (tertiary/aromatic N) is 1. The summed E-state index contributed by atoms with van der Waals surface area (Å²) in [7, 11) is 0. The van der Waals surface area contributed by atoms with Gasteiger partial charge in [-0.1, -0.05) is 42.7 Å². The molecule has 0 spiro atoms. The van der Waals surface area contributed by atoms with Crippen LogP contribution in [0.25, 0.3) is 12.2 Å². The molecule has 0 fully saturated rings. The molecule has 24 heavy (non-hydrogen) atoms. The maximum atomic E-state index is 9.52. The van der Waals surface area contributed by atoms with E-state index in [1.54, 1.807) is 6.26 Å². The molecule has 0 aliphatic carbocycles. The van der Waals surface area contributed by atoms with Crippen LogP contribution in [0.1, 0.15) is 73.8 Å². The molecule has 2 atom stereocenters. The van der Waals surface area contributed by atoms with Crippen LogP contribution in [0, 0.1) is 0 Å². The molecule has 0 aliphatic rings. The van der Waals surface area contributed by atoms with Crippen LogP contribution in [0.5, 0.6) is 0 Å². The van der Waals surface area contributed by atoms with E-state index >= 15 is 0 Å². The molecule has 0 amide bonds. The average molecular weight is 337 g/mol. The monoisotopic (exact) mass is 336 g/mol. The zero-order valence-corrected chi connectivity index (χ0v) is 12.1. The SMILES string of the molecule is C.C.C.C.CCC(CC(C)O)[n+]1ccc(/C=C\c2ccco2)cc1. The number of pyridine rings is 1. The first-order valence-electron chi connectivity index (χ1n) is 7.09. The Kier molecular flexibility index (Phi) is 15.3. The van der Waals surface area contributed by atoms with Crippen molar-refractivity contribution in [1.29, 1.82) is 0 Å². The van der Waals surface area contributed by atoms with Gasteiger partial charge in [-0.2, -0.15) is 0 Å². The standard InChI is InChI=1S/C17H22NO2.4CH4/c1-3-16(13-14(2)19)18-10-8-15(9-11-18)6-7-17-5-4-12-20-17;;;;/h4-12,14,16,19H,3,13H2,1-2H3;4*1H4/q+1;;;;/b7-6-;;;;. The number of furan rings is 1. The Bertz CT molecular complexity index is 527. The third-order valence-corrected chi connectivity index (χ3v) is 3.37. The van der Waals surface area contributed by atoms with E-state index in [2.05, 4.69) is 36.0 Å². The Balaban J connectivity index is -0.00000110. The van der Waals surface area contributed by atoms with Crippen LogP contribution in [-0.4, -0.2) is 11.2 Å². The molecule has 138 valence electrons. The maximum absolute atomic E-state index is 9.52. The number of aromatic nitrogens is 1. The van der Waals surface area contributed by atoms with Crippen LogP contribution >= 0.6 is 0 Å². The lowest BCUT2D eigenvalue weighted by Gasteiger charge is -2.12. The van der Waals surface area contributed by atoms with Gasteiger partial charge in [0.25, 0.3) is 0 Å². The summed E-state index contributed by atoms with van der Waals surface area (Å²) < 4.78 is 7.42. The van der Waals surface area contributed by atoms with Gasteiger partial charge in [0.15, 0.2) is 18.4 Å². The van der Waals surface area contributed by atoms with Crippen LogP contribution in [0.2, 0.25) is 0 Å². The van der Waals surface area contributed by atoms with Crippen molar-refractivity contribution >= 4 is 12.2 Å². The predicted molar refractivity (Wildman–Crippen MR) is 107 cm³/mol. The third-order valence-electron chi connectivity index (χ3n) is 3.37. The number of aliphatic hydroxyl groups is 1. The lowest BCUT2D eigenvalue weighted by molar-refractivity contribution is -0.724. The summed E-state index contributed by atoms with van der Waals surface area (Å²) in [4.78, 5) is 0. The van der Waals surface area contributed by atoms with Gasteiger partial charge in [-0.25, -0.2) is 4.57 Å². The van der Waals surface area contributed by atoms with Crippen molar-refractivity contribution in [2.45, 2.75) is 68.5 Å². The molecule has 2 rings (SSSR count). The first kappa shape index (κ1) is 27.0. The van der Waals surface area contributed by atoms with Crippen molar-refractivity contribution in [3.05, 3.63) is 54.2 Å². The molecular formula is C21H38NO2+. The van der Waals surface area contributed by atoms with Crippen LogP contribution in [0.15, 0.2) is 47.3 Å². The number of hydrogen-bond acceptors (Lipinski definition) is 2. The Morgan fingerprint density at radius 2 is 1.71 bits per heavy atom. The molecule has 0 radical (unpaired) electrons. The largest absolute Gasteiger partial charge is 0.465 e. The Morgan fingerprint density at radius 3 is 2.17 bits per heavy atom. The molecule has 1 N–H and O–H groups in total. The van der Waals surface area contributed by atoms with E-state index in [9.17, 15) is 5.11 Å². The highest BCUT2D eigenvalue weighted by atomic mass is 16.3. The van der Waals surface area contributed by atoms with Gasteiger partial charge in [0, 0.05) is 25.0 Å². The van der Waals surface area contributed by atoms with E-state index in [-0.39, 0.29) is 35.8 Å². The van der Waals surface area contributed by atoms with E-state index in [1.165, 1.54) is 0 Å². The smallest absolute Gasteiger partial charge is 0.169 e. The number of rotatable bonds is 6. The average Bonchev–Trinajstić information content (AvgIpc) is 2.96. The fraction of sp³-hybridized carbons (Fsp3) is 0.476. The first-order chi connectivity index (χ1) is 9.69. The molecule has 2 unspecified atom stereocenters. The highest BCUT2D eigenvalue weighted by Crippen LogP contribution is 2.12. The molecule has 0 saturated heterocycles. The fourth-order valence-corrected chi connectivity index (χ4v) is 2.26. The summed E-state index contributed by atoms with van der Waals surface area (Å²) in [6.45, 7) is 3.98. The molecular weight excluding hydrogens is 298 g/mol. The summed E-state index contributed by atoms with van der Waals surface area (Å²) in [5.41, 5.74) is 1.13. The maximum Gasteiger partial charge on any atom is 0.169 e. The van der Waals surface area contributed by atoms with E-state index in [0.717, 1.165) is 24.2 Å². The van der Waals surface area contributed by atoms with Crippen LogP contribution in [0.4, 0.5) is 0 Å². The summed E-state index contributed by atoms with van der Waals surface area (Å²) in [5.74, 6) is 0.849.